The molecule has 4 rings (SSSR count). The summed E-state index contributed by atoms with van der Waals surface area (Å²) in [7, 11) is -3.50. The predicted octanol–water partition coefficient (Wildman–Crippen LogP) is 2.79. The van der Waals surface area contributed by atoms with Gasteiger partial charge in [0.1, 0.15) is 28.1 Å². The number of morpholine rings is 1. The van der Waals surface area contributed by atoms with E-state index in [0.717, 1.165) is 12.8 Å². The van der Waals surface area contributed by atoms with Gasteiger partial charge in [0.05, 0.1) is 24.1 Å². The molecule has 3 aliphatic rings. The highest BCUT2D eigenvalue weighted by molar-refractivity contribution is 7.93. The standard InChI is InChI=1S/C19H27ClN4O3S.C5H10O2/c1-2-15(14-3-4-14)28(25,26)19(5-7-21-8-6-19)16-11-18(23-13-22-16)24-9-10-27-17(20)12-24;1-5(2,3)7-4-6/h2,11,13-15,17,21H,1,3-10,12H2;4H,1-3H3. The molecule has 0 spiro atoms. The number of hydrogen-bond acceptors (Lipinski definition) is 9. The Kier molecular flexibility index (Phi) is 9.17. The van der Waals surface area contributed by atoms with Gasteiger partial charge < -0.3 is 19.7 Å². The molecule has 3 fully saturated rings. The Bertz CT molecular complexity index is 974. The summed E-state index contributed by atoms with van der Waals surface area (Å²) in [6.07, 6.45) is 6.00. The van der Waals surface area contributed by atoms with Gasteiger partial charge >= 0.3 is 0 Å². The smallest absolute Gasteiger partial charge is 0.293 e. The van der Waals surface area contributed by atoms with Crippen molar-refractivity contribution in [3.8, 4) is 0 Å². The molecule has 0 radical (unpaired) electrons. The molecule has 0 amide bonds. The average Bonchev–Trinajstić information content (AvgIpc) is 3.64. The molecule has 1 saturated carbocycles. The Morgan fingerprint density at radius 1 is 1.31 bits per heavy atom. The summed E-state index contributed by atoms with van der Waals surface area (Å²) in [5, 5.41) is 2.77. The maximum atomic E-state index is 13.8. The first kappa shape index (κ1) is 27.8. The number of carbonyl (C=O) groups excluding carboxylic acids is 1. The lowest BCUT2D eigenvalue weighted by Gasteiger charge is -2.39. The zero-order valence-electron chi connectivity index (χ0n) is 20.8. The van der Waals surface area contributed by atoms with Crippen molar-refractivity contribution in [2.24, 2.45) is 5.92 Å². The number of anilines is 1. The monoisotopic (exact) mass is 528 g/mol. The van der Waals surface area contributed by atoms with Crippen LogP contribution in [0.4, 0.5) is 5.82 Å². The maximum absolute atomic E-state index is 13.8. The average molecular weight is 529 g/mol. The molecule has 1 N–H and O–H groups in total. The predicted molar refractivity (Wildman–Crippen MR) is 136 cm³/mol. The lowest BCUT2D eigenvalue weighted by atomic mass is 9.93. The third-order valence-electron chi connectivity index (χ3n) is 6.50. The normalized spacial score (nSPS) is 23.4. The van der Waals surface area contributed by atoms with Crippen LogP contribution in [-0.2, 0) is 28.9 Å². The number of alkyl halides is 1. The summed E-state index contributed by atoms with van der Waals surface area (Å²) in [5.41, 5.74) is -0.130. The van der Waals surface area contributed by atoms with E-state index in [1.165, 1.54) is 6.33 Å². The number of hydrogen-bond donors (Lipinski definition) is 1. The second-order valence-electron chi connectivity index (χ2n) is 10.1. The topological polar surface area (TPSA) is 111 Å². The van der Waals surface area contributed by atoms with Crippen molar-refractivity contribution in [2.45, 2.75) is 67.6 Å². The molecule has 196 valence electrons. The van der Waals surface area contributed by atoms with E-state index in [9.17, 15) is 13.2 Å². The Hall–Kier alpha value is -1.75. The minimum absolute atomic E-state index is 0.187. The van der Waals surface area contributed by atoms with Crippen LogP contribution in [-0.4, -0.2) is 74.1 Å². The first-order valence-electron chi connectivity index (χ1n) is 12.1. The summed E-state index contributed by atoms with van der Waals surface area (Å²) < 4.78 is 36.6. The number of nitrogens with one attached hydrogen (secondary N) is 1. The van der Waals surface area contributed by atoms with E-state index in [-0.39, 0.29) is 11.5 Å². The van der Waals surface area contributed by atoms with Gasteiger partial charge in [0, 0.05) is 12.6 Å². The number of rotatable bonds is 7. The van der Waals surface area contributed by atoms with Crippen LogP contribution >= 0.6 is 11.6 Å². The maximum Gasteiger partial charge on any atom is 0.293 e. The molecule has 1 aromatic heterocycles. The van der Waals surface area contributed by atoms with Crippen molar-refractivity contribution in [2.75, 3.05) is 37.7 Å². The van der Waals surface area contributed by atoms with Crippen LogP contribution in [0.5, 0.6) is 0 Å². The highest BCUT2D eigenvalue weighted by atomic mass is 35.5. The Morgan fingerprint density at radius 3 is 2.51 bits per heavy atom. The van der Waals surface area contributed by atoms with Gasteiger partial charge in [-0.2, -0.15) is 0 Å². The number of aromatic nitrogens is 2. The molecule has 0 bridgehead atoms. The number of nitrogens with zero attached hydrogens (tertiary/aromatic N) is 3. The second-order valence-corrected chi connectivity index (χ2v) is 13.0. The molecule has 1 aliphatic carbocycles. The summed E-state index contributed by atoms with van der Waals surface area (Å²) in [4.78, 5) is 20.5. The largest absolute Gasteiger partial charge is 0.462 e. The van der Waals surface area contributed by atoms with Gasteiger partial charge in [0.25, 0.3) is 6.47 Å². The van der Waals surface area contributed by atoms with E-state index < -0.39 is 25.4 Å². The van der Waals surface area contributed by atoms with Gasteiger partial charge in [-0.05, 0) is 65.5 Å². The van der Waals surface area contributed by atoms with E-state index in [0.29, 0.717) is 63.6 Å². The quantitative estimate of drug-likeness (QED) is 0.324. The number of ether oxygens (including phenoxy) is 2. The zero-order chi connectivity index (χ0) is 25.7. The molecule has 11 heteroatoms. The molecule has 2 saturated heterocycles. The second kappa shape index (κ2) is 11.5. The fourth-order valence-corrected chi connectivity index (χ4v) is 7.49. The minimum Gasteiger partial charge on any atom is -0.462 e. The van der Waals surface area contributed by atoms with Gasteiger partial charge in [-0.1, -0.05) is 17.7 Å². The zero-order valence-corrected chi connectivity index (χ0v) is 22.4. The van der Waals surface area contributed by atoms with Crippen molar-refractivity contribution >= 4 is 33.7 Å². The summed E-state index contributed by atoms with van der Waals surface area (Å²) in [6, 6.07) is 1.84. The number of carbonyl (C=O) groups is 1. The number of halogens is 1. The lowest BCUT2D eigenvalue weighted by Crippen LogP contribution is -2.50. The van der Waals surface area contributed by atoms with E-state index in [4.69, 9.17) is 16.3 Å². The van der Waals surface area contributed by atoms with Crippen LogP contribution < -0.4 is 10.2 Å². The fraction of sp³-hybridized carbons (Fsp3) is 0.708. The number of piperidine rings is 1. The fourth-order valence-electron chi connectivity index (χ4n) is 4.50. The van der Waals surface area contributed by atoms with Crippen LogP contribution in [0.2, 0.25) is 0 Å². The highest BCUT2D eigenvalue weighted by Gasteiger charge is 2.53. The van der Waals surface area contributed by atoms with Crippen molar-refractivity contribution in [1.29, 1.82) is 0 Å². The van der Waals surface area contributed by atoms with E-state index in [1.807, 2.05) is 31.7 Å². The molecular weight excluding hydrogens is 492 g/mol. The minimum atomic E-state index is -3.50. The molecule has 1 aromatic rings. The molecule has 3 heterocycles. The summed E-state index contributed by atoms with van der Waals surface area (Å²) >= 11 is 6.13. The lowest BCUT2D eigenvalue weighted by molar-refractivity contribution is -0.138. The van der Waals surface area contributed by atoms with Crippen LogP contribution in [0.15, 0.2) is 25.0 Å². The van der Waals surface area contributed by atoms with Gasteiger partial charge in [-0.25, -0.2) is 18.4 Å². The SMILES string of the molecule is C=CC(C1CC1)S(=O)(=O)C1(c2cc(N3CCOC(Cl)C3)ncn2)CCNCC1.CC(C)(C)OC=O. The summed E-state index contributed by atoms with van der Waals surface area (Å²) in [5.74, 6) is 0.889. The molecule has 35 heavy (non-hydrogen) atoms. The third kappa shape index (κ3) is 6.72. The van der Waals surface area contributed by atoms with Crippen LogP contribution in [0, 0.1) is 5.92 Å². The Morgan fingerprint density at radius 2 is 2.00 bits per heavy atom. The van der Waals surface area contributed by atoms with Crippen molar-refractivity contribution in [3.63, 3.8) is 0 Å². The van der Waals surface area contributed by atoms with E-state index in [2.05, 4.69) is 26.6 Å². The first-order valence-corrected chi connectivity index (χ1v) is 14.0. The van der Waals surface area contributed by atoms with E-state index >= 15 is 0 Å². The van der Waals surface area contributed by atoms with Gasteiger partial charge in [0.2, 0.25) is 0 Å². The van der Waals surface area contributed by atoms with Gasteiger partial charge in [-0.15, -0.1) is 6.58 Å². The molecule has 2 atom stereocenters. The summed E-state index contributed by atoms with van der Waals surface area (Å²) in [6.45, 7) is 12.7. The first-order chi connectivity index (χ1) is 16.5. The van der Waals surface area contributed by atoms with Crippen molar-refractivity contribution in [3.05, 3.63) is 30.7 Å². The Balaban J connectivity index is 0.000000429. The molecule has 2 aliphatic heterocycles. The van der Waals surface area contributed by atoms with Crippen LogP contribution in [0.25, 0.3) is 0 Å². The van der Waals surface area contributed by atoms with Crippen molar-refractivity contribution in [1.82, 2.24) is 15.3 Å². The van der Waals surface area contributed by atoms with Crippen molar-refractivity contribution < 1.29 is 22.7 Å². The van der Waals surface area contributed by atoms with Gasteiger partial charge in [0.15, 0.2) is 9.84 Å². The molecule has 9 nitrogen and oxygen atoms in total. The van der Waals surface area contributed by atoms with Gasteiger partial charge in [-0.3, -0.25) is 4.79 Å². The van der Waals surface area contributed by atoms with Crippen LogP contribution in [0.3, 0.4) is 0 Å². The Labute approximate surface area is 213 Å². The number of sulfone groups is 1. The highest BCUT2D eigenvalue weighted by Crippen LogP contribution is 2.47. The van der Waals surface area contributed by atoms with Crippen LogP contribution in [0.1, 0.15) is 52.1 Å². The van der Waals surface area contributed by atoms with E-state index in [1.54, 1.807) is 6.08 Å². The molecule has 2 unspecified atom stereocenters. The third-order valence-corrected chi connectivity index (χ3v) is 9.77. The molecule has 0 aromatic carbocycles. The molecular formula is C24H37ClN4O5S.